The van der Waals surface area contributed by atoms with Crippen molar-refractivity contribution in [3.05, 3.63) is 0 Å². The molecule has 3 atom stereocenters. The van der Waals surface area contributed by atoms with Gasteiger partial charge in [-0.3, -0.25) is 4.79 Å². The van der Waals surface area contributed by atoms with E-state index in [0.717, 1.165) is 0 Å². The van der Waals surface area contributed by atoms with Gasteiger partial charge in [-0.05, 0) is 31.6 Å². The van der Waals surface area contributed by atoms with Crippen LogP contribution in [-0.4, -0.2) is 11.9 Å². The van der Waals surface area contributed by atoms with Crippen molar-refractivity contribution in [2.24, 2.45) is 17.8 Å². The van der Waals surface area contributed by atoms with Gasteiger partial charge in [-0.15, -0.1) is 0 Å². The summed E-state index contributed by atoms with van der Waals surface area (Å²) in [6.07, 6.45) is 3.71. The molecule has 0 bridgehead atoms. The second kappa shape index (κ2) is 3.02. The molecule has 0 aromatic rings. The number of nitriles is 1. The summed E-state index contributed by atoms with van der Waals surface area (Å²) < 4.78 is 0. The number of amides is 1. The van der Waals surface area contributed by atoms with E-state index in [4.69, 9.17) is 5.26 Å². The Hall–Kier alpha value is -1.04. The molecule has 1 N–H and O–H groups in total. The van der Waals surface area contributed by atoms with Gasteiger partial charge in [0.05, 0.1) is 6.07 Å². The maximum atomic E-state index is 11.5. The van der Waals surface area contributed by atoms with Crippen molar-refractivity contribution < 1.29 is 4.79 Å². The van der Waals surface area contributed by atoms with Gasteiger partial charge in [0.2, 0.25) is 5.91 Å². The zero-order valence-electron chi connectivity index (χ0n) is 7.79. The summed E-state index contributed by atoms with van der Waals surface area (Å²) >= 11 is 0. The monoisotopic (exact) mass is 178 g/mol. The van der Waals surface area contributed by atoms with Crippen molar-refractivity contribution in [1.29, 1.82) is 5.26 Å². The number of hydrogen-bond donors (Lipinski definition) is 1. The second-order valence-electron chi connectivity index (χ2n) is 4.14. The molecule has 0 radical (unpaired) electrons. The van der Waals surface area contributed by atoms with E-state index in [1.165, 1.54) is 19.3 Å². The van der Waals surface area contributed by atoms with Crippen LogP contribution in [0.2, 0.25) is 0 Å². The average molecular weight is 178 g/mol. The minimum atomic E-state index is -0.339. The number of carbonyl (C=O) groups is 1. The number of rotatable bonds is 2. The topological polar surface area (TPSA) is 52.9 Å². The van der Waals surface area contributed by atoms with Gasteiger partial charge in [-0.1, -0.05) is 6.42 Å². The molecule has 2 fully saturated rings. The Kier molecular flexibility index (Phi) is 1.99. The van der Waals surface area contributed by atoms with Gasteiger partial charge in [-0.25, -0.2) is 0 Å². The highest BCUT2D eigenvalue weighted by molar-refractivity contribution is 5.82. The Labute approximate surface area is 78.1 Å². The molecular weight excluding hydrogens is 164 g/mol. The Balaban J connectivity index is 1.84. The first-order valence-electron chi connectivity index (χ1n) is 4.94. The lowest BCUT2D eigenvalue weighted by molar-refractivity contribution is -0.123. The van der Waals surface area contributed by atoms with E-state index in [-0.39, 0.29) is 17.9 Å². The van der Waals surface area contributed by atoms with Crippen LogP contribution in [0.1, 0.15) is 26.2 Å². The van der Waals surface area contributed by atoms with Crippen molar-refractivity contribution in [2.45, 2.75) is 32.2 Å². The Bertz CT molecular complexity index is 259. The maximum Gasteiger partial charge on any atom is 0.224 e. The predicted octanol–water partition coefficient (Wildman–Crippen LogP) is 1.06. The van der Waals surface area contributed by atoms with E-state index in [0.29, 0.717) is 11.8 Å². The standard InChI is InChI=1S/C10H14N2O/c1-6(5-11)12-10(13)9-7-3-2-4-8(7)9/h6-9H,2-4H2,1H3,(H,12,13)/t6-,7?,8?,9?/m0/s1. The van der Waals surface area contributed by atoms with E-state index in [1.54, 1.807) is 6.92 Å². The van der Waals surface area contributed by atoms with Gasteiger partial charge in [0, 0.05) is 5.92 Å². The maximum absolute atomic E-state index is 11.5. The summed E-state index contributed by atoms with van der Waals surface area (Å²) in [6, 6.07) is 1.67. The zero-order valence-corrected chi connectivity index (χ0v) is 7.79. The molecule has 13 heavy (non-hydrogen) atoms. The fourth-order valence-corrected chi connectivity index (χ4v) is 2.55. The first-order chi connectivity index (χ1) is 6.24. The van der Waals surface area contributed by atoms with Gasteiger partial charge >= 0.3 is 0 Å². The zero-order chi connectivity index (χ0) is 9.42. The Morgan fingerprint density at radius 1 is 1.54 bits per heavy atom. The number of hydrogen-bond acceptors (Lipinski definition) is 2. The molecule has 0 aromatic carbocycles. The number of fused-ring (bicyclic) bond motifs is 1. The van der Waals surface area contributed by atoms with Crippen LogP contribution in [0.5, 0.6) is 0 Å². The molecule has 70 valence electrons. The van der Waals surface area contributed by atoms with Gasteiger partial charge in [0.25, 0.3) is 0 Å². The lowest BCUT2D eigenvalue weighted by atomic mass is 10.1. The fourth-order valence-electron chi connectivity index (χ4n) is 2.55. The number of carbonyl (C=O) groups excluding carboxylic acids is 1. The van der Waals surface area contributed by atoms with E-state index in [9.17, 15) is 4.79 Å². The van der Waals surface area contributed by atoms with Gasteiger partial charge in [0.15, 0.2) is 0 Å². The molecule has 0 spiro atoms. The summed E-state index contributed by atoms with van der Waals surface area (Å²) in [5.41, 5.74) is 0. The third kappa shape index (κ3) is 1.41. The third-order valence-corrected chi connectivity index (χ3v) is 3.26. The summed E-state index contributed by atoms with van der Waals surface area (Å²) in [5.74, 6) is 1.63. The normalized spacial score (nSPS) is 37.4. The minimum Gasteiger partial charge on any atom is -0.340 e. The van der Waals surface area contributed by atoms with E-state index < -0.39 is 0 Å². The van der Waals surface area contributed by atoms with Crippen LogP contribution in [0.3, 0.4) is 0 Å². The molecule has 1 amide bonds. The Morgan fingerprint density at radius 2 is 2.15 bits per heavy atom. The summed E-state index contributed by atoms with van der Waals surface area (Å²) in [7, 11) is 0. The van der Waals surface area contributed by atoms with Crippen LogP contribution in [0.4, 0.5) is 0 Å². The molecule has 0 saturated heterocycles. The van der Waals surface area contributed by atoms with E-state index >= 15 is 0 Å². The van der Waals surface area contributed by atoms with Gasteiger partial charge in [-0.2, -0.15) is 5.26 Å². The van der Waals surface area contributed by atoms with Crippen molar-refractivity contribution in [1.82, 2.24) is 5.32 Å². The van der Waals surface area contributed by atoms with Crippen LogP contribution < -0.4 is 5.32 Å². The van der Waals surface area contributed by atoms with E-state index in [1.807, 2.05) is 6.07 Å². The summed E-state index contributed by atoms with van der Waals surface area (Å²) in [6.45, 7) is 1.72. The molecular formula is C10H14N2O. The molecule has 2 unspecified atom stereocenters. The van der Waals surface area contributed by atoms with E-state index in [2.05, 4.69) is 5.32 Å². The highest BCUT2D eigenvalue weighted by Crippen LogP contribution is 2.57. The fraction of sp³-hybridized carbons (Fsp3) is 0.800. The van der Waals surface area contributed by atoms with Gasteiger partial charge < -0.3 is 5.32 Å². The average Bonchev–Trinajstić information content (AvgIpc) is 2.61. The minimum absolute atomic E-state index is 0.101. The molecule has 2 aliphatic rings. The van der Waals surface area contributed by atoms with Gasteiger partial charge in [0.1, 0.15) is 6.04 Å². The molecule has 0 aliphatic heterocycles. The number of nitrogens with zero attached hydrogens (tertiary/aromatic N) is 1. The summed E-state index contributed by atoms with van der Waals surface area (Å²) in [5, 5.41) is 11.2. The van der Waals surface area contributed by atoms with Crippen LogP contribution >= 0.6 is 0 Å². The second-order valence-corrected chi connectivity index (χ2v) is 4.14. The molecule has 2 saturated carbocycles. The molecule has 3 heteroatoms. The van der Waals surface area contributed by atoms with Crippen molar-refractivity contribution in [3.8, 4) is 6.07 Å². The first kappa shape index (κ1) is 8.55. The molecule has 2 rings (SSSR count). The highest BCUT2D eigenvalue weighted by Gasteiger charge is 2.56. The van der Waals surface area contributed by atoms with Crippen LogP contribution in [0, 0.1) is 29.1 Å². The molecule has 0 heterocycles. The predicted molar refractivity (Wildman–Crippen MR) is 47.5 cm³/mol. The van der Waals surface area contributed by atoms with Crippen molar-refractivity contribution in [3.63, 3.8) is 0 Å². The van der Waals surface area contributed by atoms with Crippen LogP contribution in [0.25, 0.3) is 0 Å². The largest absolute Gasteiger partial charge is 0.340 e. The quantitative estimate of drug-likeness (QED) is 0.687. The Morgan fingerprint density at radius 3 is 2.69 bits per heavy atom. The molecule has 2 aliphatic carbocycles. The lowest BCUT2D eigenvalue weighted by Crippen LogP contribution is -2.33. The molecule has 3 nitrogen and oxygen atoms in total. The molecule has 0 aromatic heterocycles. The van der Waals surface area contributed by atoms with Crippen LogP contribution in [0.15, 0.2) is 0 Å². The highest BCUT2D eigenvalue weighted by atomic mass is 16.2. The summed E-state index contributed by atoms with van der Waals surface area (Å²) in [4.78, 5) is 11.5. The SMILES string of the molecule is C[C@@H](C#N)NC(=O)C1C2CCCC21. The smallest absolute Gasteiger partial charge is 0.224 e. The van der Waals surface area contributed by atoms with Crippen molar-refractivity contribution >= 4 is 5.91 Å². The first-order valence-corrected chi connectivity index (χ1v) is 4.94. The lowest BCUT2D eigenvalue weighted by Gasteiger charge is -2.07. The number of nitrogens with one attached hydrogen (secondary N) is 1. The van der Waals surface area contributed by atoms with Crippen molar-refractivity contribution in [2.75, 3.05) is 0 Å². The third-order valence-electron chi connectivity index (χ3n) is 3.26. The van der Waals surface area contributed by atoms with Crippen LogP contribution in [-0.2, 0) is 4.79 Å².